The summed E-state index contributed by atoms with van der Waals surface area (Å²) in [5, 5.41) is 0. The van der Waals surface area contributed by atoms with Crippen LogP contribution in [0.25, 0.3) is 0 Å². The second kappa shape index (κ2) is 8.11. The average Bonchev–Trinajstić information content (AvgIpc) is 2.47. The smallest absolute Gasteiger partial charge is 0.311 e. The molecule has 0 aromatic carbocycles. The van der Waals surface area contributed by atoms with Gasteiger partial charge in [-0.15, -0.1) is 0 Å². The van der Waals surface area contributed by atoms with E-state index in [0.717, 1.165) is 6.42 Å². The Bertz CT molecular complexity index is 319. The van der Waals surface area contributed by atoms with Crippen LogP contribution < -0.4 is 0 Å². The van der Waals surface area contributed by atoms with E-state index in [1.165, 1.54) is 14.2 Å². The highest BCUT2D eigenvalue weighted by Crippen LogP contribution is 2.24. The first-order valence-corrected chi connectivity index (χ1v) is 7.49. The van der Waals surface area contributed by atoms with Crippen molar-refractivity contribution in [2.45, 2.75) is 65.8 Å². The van der Waals surface area contributed by atoms with Crippen molar-refractivity contribution in [3.8, 4) is 0 Å². The van der Waals surface area contributed by atoms with Crippen molar-refractivity contribution >= 4 is 5.97 Å². The number of esters is 1. The number of carbonyl (C=O) groups is 1. The Morgan fingerprint density at radius 3 is 1.81 bits per heavy atom. The van der Waals surface area contributed by atoms with E-state index < -0.39 is 11.2 Å². The maximum Gasteiger partial charge on any atom is 0.311 e. The molecule has 5 heteroatoms. The summed E-state index contributed by atoms with van der Waals surface area (Å²) < 4.78 is 22.0. The van der Waals surface area contributed by atoms with E-state index in [9.17, 15) is 4.79 Å². The lowest BCUT2D eigenvalue weighted by atomic mass is 9.91. The van der Waals surface area contributed by atoms with Gasteiger partial charge in [-0.25, -0.2) is 0 Å². The van der Waals surface area contributed by atoms with E-state index in [1.807, 2.05) is 41.5 Å². The van der Waals surface area contributed by atoms with Gasteiger partial charge in [0.05, 0.1) is 11.0 Å². The van der Waals surface area contributed by atoms with Crippen LogP contribution in [0.3, 0.4) is 0 Å². The van der Waals surface area contributed by atoms with Crippen LogP contribution in [0, 0.1) is 5.41 Å². The molecule has 0 aliphatic carbocycles. The zero-order chi connectivity index (χ0) is 16.7. The number of hydrogen-bond acceptors (Lipinski definition) is 5. The van der Waals surface area contributed by atoms with Crippen molar-refractivity contribution in [1.82, 2.24) is 0 Å². The Balaban J connectivity index is 4.71. The van der Waals surface area contributed by atoms with Gasteiger partial charge < -0.3 is 18.9 Å². The lowest BCUT2D eigenvalue weighted by Crippen LogP contribution is -2.47. The van der Waals surface area contributed by atoms with E-state index in [0.29, 0.717) is 6.42 Å². The molecule has 0 fully saturated rings. The third-order valence-electron chi connectivity index (χ3n) is 4.14. The second-order valence-electron chi connectivity index (χ2n) is 6.53. The van der Waals surface area contributed by atoms with Crippen molar-refractivity contribution in [2.75, 3.05) is 27.4 Å². The molecule has 0 saturated heterocycles. The SMILES string of the molecule is CCC(C)(C)OCC(COC(=O)C(C)(C)CC)(OC)OC. The van der Waals surface area contributed by atoms with Crippen LogP contribution in [-0.2, 0) is 23.7 Å². The van der Waals surface area contributed by atoms with Crippen molar-refractivity contribution in [3.05, 3.63) is 0 Å². The van der Waals surface area contributed by atoms with Crippen LogP contribution in [-0.4, -0.2) is 44.8 Å². The van der Waals surface area contributed by atoms with Crippen molar-refractivity contribution in [3.63, 3.8) is 0 Å². The molecule has 0 radical (unpaired) electrons. The molecule has 0 amide bonds. The summed E-state index contributed by atoms with van der Waals surface area (Å²) in [7, 11) is 3.04. The number of ether oxygens (including phenoxy) is 4. The first-order valence-electron chi connectivity index (χ1n) is 7.49. The Morgan fingerprint density at radius 2 is 1.43 bits per heavy atom. The Labute approximate surface area is 129 Å². The van der Waals surface area contributed by atoms with Crippen LogP contribution in [0.15, 0.2) is 0 Å². The Hall–Kier alpha value is -0.650. The molecule has 0 spiro atoms. The van der Waals surface area contributed by atoms with Crippen LogP contribution in [0.5, 0.6) is 0 Å². The lowest BCUT2D eigenvalue weighted by Gasteiger charge is -2.34. The minimum atomic E-state index is -1.08. The number of carbonyl (C=O) groups excluding carboxylic acids is 1. The van der Waals surface area contributed by atoms with E-state index in [1.54, 1.807) is 0 Å². The molecule has 0 N–H and O–H groups in total. The molecule has 0 aliphatic heterocycles. The maximum atomic E-state index is 12.1. The summed E-state index contributed by atoms with van der Waals surface area (Å²) in [6.45, 7) is 11.9. The predicted molar refractivity (Wildman–Crippen MR) is 82.1 cm³/mol. The van der Waals surface area contributed by atoms with Gasteiger partial charge in [0.25, 0.3) is 0 Å². The maximum absolute atomic E-state index is 12.1. The fourth-order valence-corrected chi connectivity index (χ4v) is 1.28. The quantitative estimate of drug-likeness (QED) is 0.458. The second-order valence-corrected chi connectivity index (χ2v) is 6.53. The van der Waals surface area contributed by atoms with Gasteiger partial charge in [-0.1, -0.05) is 13.8 Å². The summed E-state index contributed by atoms with van der Waals surface area (Å²) in [5.41, 5.74) is -0.800. The average molecular weight is 304 g/mol. The van der Waals surface area contributed by atoms with Crippen molar-refractivity contribution in [2.24, 2.45) is 5.41 Å². The summed E-state index contributed by atoms with van der Waals surface area (Å²) in [4.78, 5) is 12.1. The van der Waals surface area contributed by atoms with Gasteiger partial charge in [-0.3, -0.25) is 4.79 Å². The zero-order valence-corrected chi connectivity index (χ0v) is 14.9. The molecule has 21 heavy (non-hydrogen) atoms. The van der Waals surface area contributed by atoms with Crippen LogP contribution in [0.1, 0.15) is 54.4 Å². The fraction of sp³-hybridized carbons (Fsp3) is 0.938. The van der Waals surface area contributed by atoms with Gasteiger partial charge in [0.15, 0.2) is 0 Å². The van der Waals surface area contributed by atoms with Crippen LogP contribution in [0.4, 0.5) is 0 Å². The third kappa shape index (κ3) is 6.32. The summed E-state index contributed by atoms with van der Waals surface area (Å²) >= 11 is 0. The molecule has 126 valence electrons. The van der Waals surface area contributed by atoms with Crippen LogP contribution >= 0.6 is 0 Å². The molecule has 0 aromatic heterocycles. The molecular formula is C16H32O5. The van der Waals surface area contributed by atoms with Gasteiger partial charge >= 0.3 is 5.97 Å². The zero-order valence-electron chi connectivity index (χ0n) is 14.9. The third-order valence-corrected chi connectivity index (χ3v) is 4.14. The molecule has 0 bridgehead atoms. The van der Waals surface area contributed by atoms with Gasteiger partial charge in [-0.05, 0) is 40.5 Å². The molecule has 0 rings (SSSR count). The number of hydrogen-bond donors (Lipinski definition) is 0. The van der Waals surface area contributed by atoms with Crippen LogP contribution in [0.2, 0.25) is 0 Å². The largest absolute Gasteiger partial charge is 0.459 e. The summed E-state index contributed by atoms with van der Waals surface area (Å²) in [5.74, 6) is -1.34. The van der Waals surface area contributed by atoms with Gasteiger partial charge in [0.2, 0.25) is 5.79 Å². The number of methoxy groups -OCH3 is 2. The molecule has 0 saturated carbocycles. The molecular weight excluding hydrogens is 272 g/mol. The standard InChI is InChI=1S/C16H32O5/c1-9-14(3,4)13(17)20-11-16(18-7,19-8)12-21-15(5,6)10-2/h9-12H2,1-8H3. The Morgan fingerprint density at radius 1 is 0.905 bits per heavy atom. The molecule has 0 aromatic rings. The number of rotatable bonds is 10. The monoisotopic (exact) mass is 304 g/mol. The fourth-order valence-electron chi connectivity index (χ4n) is 1.28. The van der Waals surface area contributed by atoms with Gasteiger partial charge in [0.1, 0.15) is 13.2 Å². The van der Waals surface area contributed by atoms with E-state index in [-0.39, 0.29) is 24.8 Å². The first kappa shape index (κ1) is 20.3. The lowest BCUT2D eigenvalue weighted by molar-refractivity contribution is -0.269. The van der Waals surface area contributed by atoms with E-state index in [4.69, 9.17) is 18.9 Å². The highest BCUT2D eigenvalue weighted by Gasteiger charge is 2.36. The van der Waals surface area contributed by atoms with E-state index in [2.05, 4.69) is 0 Å². The minimum Gasteiger partial charge on any atom is -0.459 e. The van der Waals surface area contributed by atoms with Gasteiger partial charge in [0, 0.05) is 14.2 Å². The summed E-state index contributed by atoms with van der Waals surface area (Å²) in [6.07, 6.45) is 1.57. The topological polar surface area (TPSA) is 54.0 Å². The molecule has 0 heterocycles. The molecule has 0 atom stereocenters. The Kier molecular flexibility index (Phi) is 7.86. The highest BCUT2D eigenvalue weighted by atomic mass is 16.7. The molecule has 5 nitrogen and oxygen atoms in total. The van der Waals surface area contributed by atoms with E-state index >= 15 is 0 Å². The summed E-state index contributed by atoms with van der Waals surface area (Å²) in [6, 6.07) is 0. The minimum absolute atomic E-state index is 0.00204. The normalized spacial score (nSPS) is 13.3. The van der Waals surface area contributed by atoms with Crippen molar-refractivity contribution < 1.29 is 23.7 Å². The van der Waals surface area contributed by atoms with Gasteiger partial charge in [-0.2, -0.15) is 0 Å². The molecule has 0 unspecified atom stereocenters. The predicted octanol–water partition coefficient (Wildman–Crippen LogP) is 3.16. The van der Waals surface area contributed by atoms with Crippen molar-refractivity contribution in [1.29, 1.82) is 0 Å². The highest BCUT2D eigenvalue weighted by molar-refractivity contribution is 5.75. The molecule has 0 aliphatic rings. The first-order chi connectivity index (χ1) is 9.58.